The van der Waals surface area contributed by atoms with Crippen LogP contribution < -0.4 is 10.6 Å². The van der Waals surface area contributed by atoms with Crippen molar-refractivity contribution < 1.29 is 19.1 Å². The quantitative estimate of drug-likeness (QED) is 0.455. The molecule has 2 N–H and O–H groups in total. The number of amides is 2. The first kappa shape index (κ1) is 20.2. The monoisotopic (exact) mass is 368 g/mol. The van der Waals surface area contributed by atoms with Crippen molar-refractivity contribution in [2.75, 3.05) is 13.2 Å². The van der Waals surface area contributed by atoms with Gasteiger partial charge in [0.25, 0.3) is 5.91 Å². The van der Waals surface area contributed by atoms with Crippen LogP contribution in [0.4, 0.5) is 0 Å². The molecule has 27 heavy (non-hydrogen) atoms. The minimum absolute atomic E-state index is 0.0889. The van der Waals surface area contributed by atoms with Gasteiger partial charge in [-0.1, -0.05) is 56.0 Å². The largest absolute Gasteiger partial charge is 0.460 e. The summed E-state index contributed by atoms with van der Waals surface area (Å²) < 4.78 is 4.85. The molecule has 0 aliphatic heterocycles. The van der Waals surface area contributed by atoms with Crippen LogP contribution >= 0.6 is 0 Å². The van der Waals surface area contributed by atoms with Crippen LogP contribution in [0, 0.1) is 11.8 Å². The second-order valence-electron chi connectivity index (χ2n) is 6.37. The van der Waals surface area contributed by atoms with Crippen molar-refractivity contribution in [1.82, 2.24) is 10.6 Å². The Morgan fingerprint density at radius 3 is 2.52 bits per heavy atom. The Labute approximate surface area is 159 Å². The first-order valence-corrected chi connectivity index (χ1v) is 9.00. The second kappa shape index (κ2) is 10.2. The Hall–Kier alpha value is -3.07. The summed E-state index contributed by atoms with van der Waals surface area (Å²) in [5.74, 6) is 3.88. The molecule has 0 spiro atoms. The molecule has 6 heteroatoms. The molecular formula is C21H24N2O4. The minimum Gasteiger partial charge on any atom is -0.460 e. The van der Waals surface area contributed by atoms with Crippen LogP contribution in [0.1, 0.15) is 37.7 Å². The summed E-state index contributed by atoms with van der Waals surface area (Å²) in [5.41, 5.74) is -0.320. The number of rotatable bonds is 6. The van der Waals surface area contributed by atoms with E-state index >= 15 is 0 Å². The molecule has 2 amide bonds. The summed E-state index contributed by atoms with van der Waals surface area (Å²) in [7, 11) is 0. The van der Waals surface area contributed by atoms with Gasteiger partial charge >= 0.3 is 5.97 Å². The summed E-state index contributed by atoms with van der Waals surface area (Å²) >= 11 is 0. The maximum atomic E-state index is 12.7. The molecule has 1 aliphatic carbocycles. The Bertz CT molecular complexity index is 740. The smallest absolute Gasteiger partial charge is 0.325 e. The summed E-state index contributed by atoms with van der Waals surface area (Å²) in [4.78, 5) is 36.6. The minimum atomic E-state index is -1.04. The van der Waals surface area contributed by atoms with E-state index in [2.05, 4.69) is 29.1 Å². The van der Waals surface area contributed by atoms with Crippen LogP contribution in [-0.4, -0.2) is 36.5 Å². The van der Waals surface area contributed by atoms with Gasteiger partial charge in [0, 0.05) is 11.5 Å². The second-order valence-corrected chi connectivity index (χ2v) is 6.37. The highest BCUT2D eigenvalue weighted by Crippen LogP contribution is 2.28. The van der Waals surface area contributed by atoms with Gasteiger partial charge in [0.05, 0.1) is 0 Å². The molecule has 0 heterocycles. The lowest BCUT2D eigenvalue weighted by molar-refractivity contribution is -0.144. The molecule has 1 fully saturated rings. The maximum Gasteiger partial charge on any atom is 0.325 e. The lowest BCUT2D eigenvalue weighted by Gasteiger charge is -2.35. The maximum absolute atomic E-state index is 12.7. The average molecular weight is 368 g/mol. The molecule has 0 unspecified atom stereocenters. The molecule has 142 valence electrons. The van der Waals surface area contributed by atoms with Gasteiger partial charge in [-0.15, -0.1) is 0 Å². The predicted molar refractivity (Wildman–Crippen MR) is 101 cm³/mol. The van der Waals surface area contributed by atoms with Gasteiger partial charge in [0.1, 0.15) is 18.7 Å². The number of carbonyl (C=O) groups is 3. The van der Waals surface area contributed by atoms with Gasteiger partial charge in [-0.25, -0.2) is 0 Å². The normalized spacial score (nSPS) is 14.8. The fraction of sp³-hybridized carbons (Fsp3) is 0.381. The predicted octanol–water partition coefficient (Wildman–Crippen LogP) is 1.70. The first-order chi connectivity index (χ1) is 13.1. The molecule has 0 radical (unpaired) electrons. The summed E-state index contributed by atoms with van der Waals surface area (Å²) in [6.07, 6.45) is 5.12. The lowest BCUT2D eigenvalue weighted by Crippen LogP contribution is -2.60. The van der Waals surface area contributed by atoms with Gasteiger partial charge in [-0.05, 0) is 25.0 Å². The number of benzene rings is 1. The van der Waals surface area contributed by atoms with E-state index in [-0.39, 0.29) is 19.1 Å². The van der Waals surface area contributed by atoms with E-state index in [0.29, 0.717) is 12.8 Å². The lowest BCUT2D eigenvalue weighted by atomic mass is 9.80. The molecule has 2 rings (SSSR count). The number of carbonyl (C=O) groups excluding carboxylic acids is 3. The summed E-state index contributed by atoms with van der Waals surface area (Å²) in [6.45, 7) is 3.30. The van der Waals surface area contributed by atoms with Crippen molar-refractivity contribution in [3.8, 4) is 11.8 Å². The van der Waals surface area contributed by atoms with E-state index in [4.69, 9.17) is 4.74 Å². The van der Waals surface area contributed by atoms with Crippen molar-refractivity contribution in [2.45, 2.75) is 37.6 Å². The Balaban J connectivity index is 2.01. The highest BCUT2D eigenvalue weighted by molar-refractivity contribution is 5.99. The Morgan fingerprint density at radius 1 is 1.15 bits per heavy atom. The molecule has 0 atom stereocenters. The van der Waals surface area contributed by atoms with Gasteiger partial charge in [-0.3, -0.25) is 14.4 Å². The van der Waals surface area contributed by atoms with Crippen LogP contribution in [0.5, 0.6) is 0 Å². The molecule has 1 aromatic rings. The molecule has 1 aromatic carbocycles. The number of nitrogens with one attached hydrogen (secondary N) is 2. The van der Waals surface area contributed by atoms with Gasteiger partial charge in [0.2, 0.25) is 5.91 Å². The molecule has 0 saturated heterocycles. The van der Waals surface area contributed by atoms with E-state index in [1.165, 1.54) is 6.08 Å². The molecule has 0 aromatic heterocycles. The zero-order chi connectivity index (χ0) is 19.5. The zero-order valence-electron chi connectivity index (χ0n) is 15.3. The number of hydrogen-bond donors (Lipinski definition) is 2. The van der Waals surface area contributed by atoms with Gasteiger partial charge in [0.15, 0.2) is 0 Å². The van der Waals surface area contributed by atoms with Crippen LogP contribution in [0.2, 0.25) is 0 Å². The van der Waals surface area contributed by atoms with Crippen LogP contribution in [0.3, 0.4) is 0 Å². The standard InChI is InChI=1S/C21H24N2O4/c1-2-15-27-19(25)16-22-20(26)21(13-7-4-8-14-21)23-18(24)12-11-17-9-5-3-6-10-17/h2-3,5-6,9-10H,1,4,7-8,13-16H2,(H,22,26)(H,23,24). The average Bonchev–Trinajstić information content (AvgIpc) is 2.70. The number of hydrogen-bond acceptors (Lipinski definition) is 4. The first-order valence-electron chi connectivity index (χ1n) is 9.00. The highest BCUT2D eigenvalue weighted by Gasteiger charge is 2.40. The van der Waals surface area contributed by atoms with Gasteiger partial charge < -0.3 is 15.4 Å². The molecule has 6 nitrogen and oxygen atoms in total. The Kier molecular flexibility index (Phi) is 7.63. The van der Waals surface area contributed by atoms with Crippen molar-refractivity contribution in [2.24, 2.45) is 0 Å². The summed E-state index contributed by atoms with van der Waals surface area (Å²) in [5, 5.41) is 5.35. The third-order valence-corrected chi connectivity index (χ3v) is 4.34. The fourth-order valence-corrected chi connectivity index (χ4v) is 2.99. The third kappa shape index (κ3) is 6.30. The van der Waals surface area contributed by atoms with Crippen molar-refractivity contribution in [3.63, 3.8) is 0 Å². The van der Waals surface area contributed by atoms with Crippen molar-refractivity contribution >= 4 is 17.8 Å². The number of ether oxygens (including phenoxy) is 1. The molecule has 0 bridgehead atoms. The third-order valence-electron chi connectivity index (χ3n) is 4.34. The molecular weight excluding hydrogens is 344 g/mol. The van der Waals surface area contributed by atoms with Crippen molar-refractivity contribution in [1.29, 1.82) is 0 Å². The highest BCUT2D eigenvalue weighted by atomic mass is 16.5. The summed E-state index contributed by atoms with van der Waals surface area (Å²) in [6, 6.07) is 9.15. The topological polar surface area (TPSA) is 84.5 Å². The SMILES string of the molecule is C=CCOC(=O)CNC(=O)C1(NC(=O)C#Cc2ccccc2)CCCCC1. The number of esters is 1. The zero-order valence-corrected chi connectivity index (χ0v) is 15.3. The van der Waals surface area contributed by atoms with E-state index in [1.807, 2.05) is 18.2 Å². The van der Waals surface area contributed by atoms with Crippen LogP contribution in [0.25, 0.3) is 0 Å². The van der Waals surface area contributed by atoms with Crippen molar-refractivity contribution in [3.05, 3.63) is 48.6 Å². The van der Waals surface area contributed by atoms with Crippen LogP contribution in [-0.2, 0) is 19.1 Å². The molecule has 1 saturated carbocycles. The fourth-order valence-electron chi connectivity index (χ4n) is 2.99. The van der Waals surface area contributed by atoms with Gasteiger partial charge in [-0.2, -0.15) is 0 Å². The molecule has 1 aliphatic rings. The van der Waals surface area contributed by atoms with E-state index in [9.17, 15) is 14.4 Å². The van der Waals surface area contributed by atoms with E-state index in [1.54, 1.807) is 12.1 Å². The Morgan fingerprint density at radius 2 is 1.85 bits per heavy atom. The van der Waals surface area contributed by atoms with E-state index in [0.717, 1.165) is 24.8 Å². The van der Waals surface area contributed by atoms with Crippen LogP contribution in [0.15, 0.2) is 43.0 Å². The van der Waals surface area contributed by atoms with E-state index < -0.39 is 17.4 Å².